The molecule has 0 saturated heterocycles. The number of carbonyl (C=O) groups excluding carboxylic acids is 2. The highest BCUT2D eigenvalue weighted by atomic mass is 19.1. The molecule has 1 rings (SSSR count). The van der Waals surface area contributed by atoms with Crippen LogP contribution in [0.5, 0.6) is 5.75 Å². The van der Waals surface area contributed by atoms with Crippen LogP contribution in [0.3, 0.4) is 0 Å². The first-order valence-corrected chi connectivity index (χ1v) is 6.13. The van der Waals surface area contributed by atoms with E-state index < -0.39 is 17.9 Å². The van der Waals surface area contributed by atoms with Crippen molar-refractivity contribution in [2.24, 2.45) is 0 Å². The molecule has 5 heteroatoms. The second-order valence-corrected chi connectivity index (χ2v) is 3.96. The third-order valence-electron chi connectivity index (χ3n) is 2.51. The van der Waals surface area contributed by atoms with Crippen molar-refractivity contribution in [1.29, 1.82) is 0 Å². The fraction of sp³-hybridized carbons (Fsp3) is 0.429. The number of carbonyl (C=O) groups is 2. The lowest BCUT2D eigenvalue weighted by Gasteiger charge is -2.17. The molecule has 0 fully saturated rings. The van der Waals surface area contributed by atoms with E-state index in [0.717, 1.165) is 6.07 Å². The molecule has 19 heavy (non-hydrogen) atoms. The van der Waals surface area contributed by atoms with Gasteiger partial charge in [0.25, 0.3) is 0 Å². The molecule has 1 aromatic rings. The summed E-state index contributed by atoms with van der Waals surface area (Å²) in [5.41, 5.74) is 0.114. The molecule has 0 N–H and O–H groups in total. The first-order chi connectivity index (χ1) is 8.99. The van der Waals surface area contributed by atoms with Crippen molar-refractivity contribution < 1.29 is 23.5 Å². The van der Waals surface area contributed by atoms with Gasteiger partial charge in [0, 0.05) is 0 Å². The SMILES string of the molecule is CCOC(=O)C(CC)Oc1ccc(F)cc1C(C)=O. The molecule has 1 aromatic carbocycles. The lowest BCUT2D eigenvalue weighted by atomic mass is 10.1. The summed E-state index contributed by atoms with van der Waals surface area (Å²) in [7, 11) is 0. The number of hydrogen-bond acceptors (Lipinski definition) is 4. The van der Waals surface area contributed by atoms with Gasteiger partial charge >= 0.3 is 5.97 Å². The summed E-state index contributed by atoms with van der Waals surface area (Å²) in [4.78, 5) is 23.0. The third kappa shape index (κ3) is 4.05. The van der Waals surface area contributed by atoms with E-state index in [1.54, 1.807) is 13.8 Å². The summed E-state index contributed by atoms with van der Waals surface area (Å²) in [6.07, 6.45) is -0.406. The van der Waals surface area contributed by atoms with Crippen LogP contribution in [-0.4, -0.2) is 24.5 Å². The Bertz CT molecular complexity index is 471. The predicted octanol–water partition coefficient (Wildman–Crippen LogP) is 2.75. The topological polar surface area (TPSA) is 52.6 Å². The van der Waals surface area contributed by atoms with Crippen LogP contribution in [-0.2, 0) is 9.53 Å². The van der Waals surface area contributed by atoms with Crippen molar-refractivity contribution in [1.82, 2.24) is 0 Å². The van der Waals surface area contributed by atoms with Gasteiger partial charge in [-0.3, -0.25) is 4.79 Å². The van der Waals surface area contributed by atoms with Crippen LogP contribution in [0, 0.1) is 5.82 Å². The predicted molar refractivity (Wildman–Crippen MR) is 67.7 cm³/mol. The quantitative estimate of drug-likeness (QED) is 0.588. The molecule has 1 unspecified atom stereocenters. The highest BCUT2D eigenvalue weighted by Gasteiger charge is 2.22. The van der Waals surface area contributed by atoms with Gasteiger partial charge in [-0.05, 0) is 38.5 Å². The van der Waals surface area contributed by atoms with E-state index in [9.17, 15) is 14.0 Å². The number of benzene rings is 1. The standard InChI is InChI=1S/C14H17FO4/c1-4-12(14(17)18-5-2)19-13-7-6-10(15)8-11(13)9(3)16/h6-8,12H,4-5H2,1-3H3. The highest BCUT2D eigenvalue weighted by molar-refractivity contribution is 5.96. The second kappa shape index (κ2) is 6.87. The maximum absolute atomic E-state index is 13.1. The van der Waals surface area contributed by atoms with E-state index in [-0.39, 0.29) is 23.7 Å². The Balaban J connectivity index is 2.97. The Hall–Kier alpha value is -1.91. The normalized spacial score (nSPS) is 11.8. The Morgan fingerprint density at radius 1 is 1.32 bits per heavy atom. The average Bonchev–Trinajstić information content (AvgIpc) is 2.37. The maximum Gasteiger partial charge on any atom is 0.347 e. The molecular formula is C14H17FO4. The van der Waals surface area contributed by atoms with E-state index in [4.69, 9.17) is 9.47 Å². The Labute approximate surface area is 111 Å². The molecule has 0 aromatic heterocycles. The van der Waals surface area contributed by atoms with Crippen LogP contribution in [0.15, 0.2) is 18.2 Å². The van der Waals surface area contributed by atoms with Crippen LogP contribution in [0.4, 0.5) is 4.39 Å². The molecule has 0 radical (unpaired) electrons. The van der Waals surface area contributed by atoms with E-state index in [0.29, 0.717) is 6.42 Å². The number of hydrogen-bond donors (Lipinski definition) is 0. The number of ketones is 1. The lowest BCUT2D eigenvalue weighted by Crippen LogP contribution is -2.29. The van der Waals surface area contributed by atoms with Gasteiger partial charge < -0.3 is 9.47 Å². The van der Waals surface area contributed by atoms with E-state index in [1.807, 2.05) is 0 Å². The average molecular weight is 268 g/mol. The summed E-state index contributed by atoms with van der Waals surface area (Å²) in [5, 5.41) is 0. The summed E-state index contributed by atoms with van der Waals surface area (Å²) >= 11 is 0. The van der Waals surface area contributed by atoms with Crippen molar-refractivity contribution in [3.05, 3.63) is 29.6 Å². The number of halogens is 1. The summed E-state index contributed by atoms with van der Waals surface area (Å²) < 4.78 is 23.4. The largest absolute Gasteiger partial charge is 0.478 e. The zero-order chi connectivity index (χ0) is 14.4. The molecule has 0 aliphatic rings. The van der Waals surface area contributed by atoms with E-state index >= 15 is 0 Å². The van der Waals surface area contributed by atoms with Crippen molar-refractivity contribution in [3.8, 4) is 5.75 Å². The van der Waals surface area contributed by atoms with Crippen molar-refractivity contribution in [3.63, 3.8) is 0 Å². The van der Waals surface area contributed by atoms with Crippen LogP contribution < -0.4 is 4.74 Å². The lowest BCUT2D eigenvalue weighted by molar-refractivity contribution is -0.151. The Morgan fingerprint density at radius 3 is 2.53 bits per heavy atom. The van der Waals surface area contributed by atoms with Gasteiger partial charge in [0.05, 0.1) is 12.2 Å². The van der Waals surface area contributed by atoms with Crippen LogP contribution >= 0.6 is 0 Å². The number of ether oxygens (including phenoxy) is 2. The molecule has 0 heterocycles. The van der Waals surface area contributed by atoms with Crippen LogP contribution in [0.2, 0.25) is 0 Å². The van der Waals surface area contributed by atoms with Crippen LogP contribution in [0.25, 0.3) is 0 Å². The fourth-order valence-corrected chi connectivity index (χ4v) is 1.57. The summed E-state index contributed by atoms with van der Waals surface area (Å²) in [5.74, 6) is -1.16. The Kier molecular flexibility index (Phi) is 5.48. The number of rotatable bonds is 6. The molecule has 0 bridgehead atoms. The maximum atomic E-state index is 13.1. The van der Waals surface area contributed by atoms with Crippen molar-refractivity contribution >= 4 is 11.8 Å². The fourth-order valence-electron chi connectivity index (χ4n) is 1.57. The molecular weight excluding hydrogens is 251 g/mol. The Morgan fingerprint density at radius 2 is 2.00 bits per heavy atom. The third-order valence-corrected chi connectivity index (χ3v) is 2.51. The van der Waals surface area contributed by atoms with Gasteiger partial charge in [0.1, 0.15) is 11.6 Å². The van der Waals surface area contributed by atoms with Crippen molar-refractivity contribution in [2.75, 3.05) is 6.61 Å². The smallest absolute Gasteiger partial charge is 0.347 e. The molecule has 104 valence electrons. The molecule has 0 amide bonds. The zero-order valence-electron chi connectivity index (χ0n) is 11.2. The first kappa shape index (κ1) is 15.1. The molecule has 0 saturated carbocycles. The van der Waals surface area contributed by atoms with Gasteiger partial charge in [-0.1, -0.05) is 6.92 Å². The van der Waals surface area contributed by atoms with Crippen LogP contribution in [0.1, 0.15) is 37.6 Å². The van der Waals surface area contributed by atoms with Gasteiger partial charge in [-0.15, -0.1) is 0 Å². The molecule has 4 nitrogen and oxygen atoms in total. The molecule has 0 spiro atoms. The van der Waals surface area contributed by atoms with Crippen molar-refractivity contribution in [2.45, 2.75) is 33.3 Å². The molecule has 1 atom stereocenters. The first-order valence-electron chi connectivity index (χ1n) is 6.13. The second-order valence-electron chi connectivity index (χ2n) is 3.96. The van der Waals surface area contributed by atoms with E-state index in [2.05, 4.69) is 0 Å². The highest BCUT2D eigenvalue weighted by Crippen LogP contribution is 2.22. The monoisotopic (exact) mass is 268 g/mol. The van der Waals surface area contributed by atoms with Gasteiger partial charge in [0.2, 0.25) is 0 Å². The number of esters is 1. The minimum atomic E-state index is -0.802. The van der Waals surface area contributed by atoms with Gasteiger partial charge in [0.15, 0.2) is 11.9 Å². The van der Waals surface area contributed by atoms with Gasteiger partial charge in [-0.2, -0.15) is 0 Å². The summed E-state index contributed by atoms with van der Waals surface area (Å²) in [6.45, 7) is 5.02. The number of Topliss-reactive ketones (excluding diaryl/α,β-unsaturated/α-hetero) is 1. The zero-order valence-corrected chi connectivity index (χ0v) is 11.2. The molecule has 0 aliphatic heterocycles. The molecule has 0 aliphatic carbocycles. The summed E-state index contributed by atoms with van der Waals surface area (Å²) in [6, 6.07) is 3.61. The minimum Gasteiger partial charge on any atom is -0.478 e. The van der Waals surface area contributed by atoms with Gasteiger partial charge in [-0.25, -0.2) is 9.18 Å². The minimum absolute atomic E-state index is 0.114. The van der Waals surface area contributed by atoms with E-state index in [1.165, 1.54) is 19.1 Å².